The third-order valence-electron chi connectivity index (χ3n) is 3.72. The summed E-state index contributed by atoms with van der Waals surface area (Å²) in [4.78, 5) is 25.2. The predicted octanol–water partition coefficient (Wildman–Crippen LogP) is 2.50. The lowest BCUT2D eigenvalue weighted by Crippen LogP contribution is -2.35. The summed E-state index contributed by atoms with van der Waals surface area (Å²) in [7, 11) is 0. The number of amides is 2. The average Bonchev–Trinajstić information content (AvgIpc) is 2.92. The van der Waals surface area contributed by atoms with Crippen LogP contribution in [0.1, 0.15) is 39.5 Å². The molecule has 5 nitrogen and oxygen atoms in total. The van der Waals surface area contributed by atoms with E-state index in [1.165, 1.54) is 0 Å². The van der Waals surface area contributed by atoms with Crippen molar-refractivity contribution in [2.75, 3.05) is 18.1 Å². The molecule has 0 aromatic heterocycles. The van der Waals surface area contributed by atoms with Crippen molar-refractivity contribution in [3.05, 3.63) is 24.3 Å². The molecule has 1 atom stereocenters. The molecule has 0 bridgehead atoms. The summed E-state index contributed by atoms with van der Waals surface area (Å²) in [5.41, 5.74) is 0.885. The third kappa shape index (κ3) is 4.48. The molecule has 1 saturated heterocycles. The Morgan fingerprint density at radius 2 is 2.09 bits per heavy atom. The zero-order chi connectivity index (χ0) is 15.9. The number of carbonyl (C=O) groups excluding carboxylic acids is 2. The monoisotopic (exact) mass is 304 g/mol. The summed E-state index contributed by atoms with van der Waals surface area (Å²) < 4.78 is 5.48. The number of rotatable bonds is 7. The van der Waals surface area contributed by atoms with Crippen LogP contribution >= 0.6 is 0 Å². The van der Waals surface area contributed by atoms with Crippen molar-refractivity contribution in [3.63, 3.8) is 0 Å². The molecular formula is C17H24N2O3. The second-order valence-corrected chi connectivity index (χ2v) is 5.69. The van der Waals surface area contributed by atoms with Gasteiger partial charge >= 0.3 is 0 Å². The first-order chi connectivity index (χ1) is 10.6. The lowest BCUT2D eigenvalue weighted by Gasteiger charge is -2.16. The van der Waals surface area contributed by atoms with Gasteiger partial charge in [-0.25, -0.2) is 0 Å². The van der Waals surface area contributed by atoms with E-state index in [-0.39, 0.29) is 24.5 Å². The minimum Gasteiger partial charge on any atom is -0.484 e. The van der Waals surface area contributed by atoms with E-state index in [1.807, 2.05) is 19.1 Å². The topological polar surface area (TPSA) is 58.6 Å². The number of nitrogens with zero attached hydrogens (tertiary/aromatic N) is 1. The molecule has 1 N–H and O–H groups in total. The summed E-state index contributed by atoms with van der Waals surface area (Å²) in [5, 5.41) is 2.90. The van der Waals surface area contributed by atoms with Crippen LogP contribution in [0, 0.1) is 0 Å². The molecule has 0 aliphatic carbocycles. The number of nitrogens with one attached hydrogen (secondary N) is 1. The van der Waals surface area contributed by atoms with Gasteiger partial charge in [-0.15, -0.1) is 0 Å². The number of benzene rings is 1. The van der Waals surface area contributed by atoms with Crippen molar-refractivity contribution in [1.29, 1.82) is 0 Å². The molecule has 5 heteroatoms. The lowest BCUT2D eigenvalue weighted by molar-refractivity contribution is -0.123. The maximum atomic E-state index is 11.7. The quantitative estimate of drug-likeness (QED) is 0.842. The highest BCUT2D eigenvalue weighted by Gasteiger charge is 2.21. The minimum absolute atomic E-state index is 0.00997. The molecule has 0 spiro atoms. The highest BCUT2D eigenvalue weighted by Crippen LogP contribution is 2.23. The highest BCUT2D eigenvalue weighted by atomic mass is 16.5. The average molecular weight is 304 g/mol. The third-order valence-corrected chi connectivity index (χ3v) is 3.72. The van der Waals surface area contributed by atoms with Gasteiger partial charge in [0.15, 0.2) is 6.61 Å². The standard InChI is InChI=1S/C17H24N2O3/c1-3-5-13(2)18-16(20)12-22-15-9-7-14(8-10-15)19-11-4-6-17(19)21/h7-10,13H,3-6,11-12H2,1-2H3,(H,18,20). The molecule has 1 aromatic carbocycles. The summed E-state index contributed by atoms with van der Waals surface area (Å²) in [6, 6.07) is 7.48. The van der Waals surface area contributed by atoms with Crippen LogP contribution in [0.2, 0.25) is 0 Å². The van der Waals surface area contributed by atoms with Crippen molar-refractivity contribution in [3.8, 4) is 5.75 Å². The fraction of sp³-hybridized carbons (Fsp3) is 0.529. The Labute approximate surface area is 131 Å². The van der Waals surface area contributed by atoms with E-state index in [2.05, 4.69) is 12.2 Å². The van der Waals surface area contributed by atoms with Crippen LogP contribution in [-0.4, -0.2) is 31.0 Å². The van der Waals surface area contributed by atoms with Gasteiger partial charge in [-0.3, -0.25) is 9.59 Å². The maximum absolute atomic E-state index is 11.7. The van der Waals surface area contributed by atoms with Crippen LogP contribution in [0.4, 0.5) is 5.69 Å². The van der Waals surface area contributed by atoms with Gasteiger partial charge in [0, 0.05) is 24.7 Å². The molecule has 1 aliphatic rings. The molecule has 2 amide bonds. The zero-order valence-corrected chi connectivity index (χ0v) is 13.3. The van der Waals surface area contributed by atoms with Crippen molar-refractivity contribution >= 4 is 17.5 Å². The van der Waals surface area contributed by atoms with Gasteiger partial charge in [-0.1, -0.05) is 13.3 Å². The van der Waals surface area contributed by atoms with Crippen molar-refractivity contribution in [1.82, 2.24) is 5.32 Å². The first kappa shape index (κ1) is 16.3. The molecule has 1 fully saturated rings. The molecule has 120 valence electrons. The molecule has 22 heavy (non-hydrogen) atoms. The Balaban J connectivity index is 1.81. The van der Waals surface area contributed by atoms with Crippen LogP contribution in [0.15, 0.2) is 24.3 Å². The molecule has 1 unspecified atom stereocenters. The molecule has 0 saturated carbocycles. The van der Waals surface area contributed by atoms with Gasteiger partial charge in [0.1, 0.15) is 5.75 Å². The second kappa shape index (κ2) is 7.82. The maximum Gasteiger partial charge on any atom is 0.258 e. The van der Waals surface area contributed by atoms with Gasteiger partial charge in [-0.2, -0.15) is 0 Å². The second-order valence-electron chi connectivity index (χ2n) is 5.69. The van der Waals surface area contributed by atoms with E-state index in [9.17, 15) is 9.59 Å². The SMILES string of the molecule is CCCC(C)NC(=O)COc1ccc(N2CCCC2=O)cc1. The van der Waals surface area contributed by atoms with Gasteiger partial charge in [0.25, 0.3) is 5.91 Å². The van der Waals surface area contributed by atoms with E-state index in [0.717, 1.165) is 31.5 Å². The lowest BCUT2D eigenvalue weighted by atomic mass is 10.2. The van der Waals surface area contributed by atoms with E-state index < -0.39 is 0 Å². The Morgan fingerprint density at radius 3 is 2.68 bits per heavy atom. The summed E-state index contributed by atoms with van der Waals surface area (Å²) in [6.45, 7) is 4.86. The Kier molecular flexibility index (Phi) is 5.81. The van der Waals surface area contributed by atoms with Crippen LogP contribution in [0.5, 0.6) is 5.75 Å². The smallest absolute Gasteiger partial charge is 0.258 e. The first-order valence-electron chi connectivity index (χ1n) is 7.92. The number of carbonyl (C=O) groups is 2. The van der Waals surface area contributed by atoms with E-state index >= 15 is 0 Å². The molecule has 1 heterocycles. The van der Waals surface area contributed by atoms with Crippen molar-refractivity contribution in [2.45, 2.75) is 45.6 Å². The van der Waals surface area contributed by atoms with Crippen molar-refractivity contribution in [2.24, 2.45) is 0 Å². The number of anilines is 1. The molecule has 2 rings (SSSR count). The van der Waals surface area contributed by atoms with Crippen LogP contribution < -0.4 is 15.0 Å². The minimum atomic E-state index is -0.111. The van der Waals surface area contributed by atoms with E-state index in [4.69, 9.17) is 4.74 Å². The van der Waals surface area contributed by atoms with Crippen molar-refractivity contribution < 1.29 is 14.3 Å². The van der Waals surface area contributed by atoms with Gasteiger partial charge in [-0.05, 0) is 44.0 Å². The fourth-order valence-corrected chi connectivity index (χ4v) is 2.61. The largest absolute Gasteiger partial charge is 0.484 e. The van der Waals surface area contributed by atoms with Gasteiger partial charge in [0.05, 0.1) is 0 Å². The summed E-state index contributed by atoms with van der Waals surface area (Å²) in [5.74, 6) is 0.686. The van der Waals surface area contributed by atoms with Crippen LogP contribution in [0.3, 0.4) is 0 Å². The highest BCUT2D eigenvalue weighted by molar-refractivity contribution is 5.95. The molecule has 0 radical (unpaired) electrons. The summed E-state index contributed by atoms with van der Waals surface area (Å²) >= 11 is 0. The number of hydrogen-bond acceptors (Lipinski definition) is 3. The Bertz CT molecular complexity index is 513. The summed E-state index contributed by atoms with van der Waals surface area (Å²) in [6.07, 6.45) is 3.53. The van der Waals surface area contributed by atoms with Crippen LogP contribution in [-0.2, 0) is 9.59 Å². The first-order valence-corrected chi connectivity index (χ1v) is 7.92. The predicted molar refractivity (Wildman–Crippen MR) is 86.0 cm³/mol. The van der Waals surface area contributed by atoms with E-state index in [0.29, 0.717) is 12.2 Å². The molecular weight excluding hydrogens is 280 g/mol. The number of ether oxygens (including phenoxy) is 1. The molecule has 1 aliphatic heterocycles. The Hall–Kier alpha value is -2.04. The van der Waals surface area contributed by atoms with Gasteiger partial charge < -0.3 is 15.0 Å². The normalized spacial score (nSPS) is 15.7. The number of hydrogen-bond donors (Lipinski definition) is 1. The van der Waals surface area contributed by atoms with Crippen LogP contribution in [0.25, 0.3) is 0 Å². The Morgan fingerprint density at radius 1 is 1.36 bits per heavy atom. The molecule has 1 aromatic rings. The fourth-order valence-electron chi connectivity index (χ4n) is 2.61. The van der Waals surface area contributed by atoms with Gasteiger partial charge in [0.2, 0.25) is 5.91 Å². The van der Waals surface area contributed by atoms with E-state index in [1.54, 1.807) is 17.0 Å². The zero-order valence-electron chi connectivity index (χ0n) is 13.3.